The Morgan fingerprint density at radius 1 is 0.618 bits per heavy atom. The molecule has 0 saturated heterocycles. The summed E-state index contributed by atoms with van der Waals surface area (Å²) in [5, 5.41) is 4.76. The van der Waals surface area contributed by atoms with Crippen LogP contribution in [0.5, 0.6) is 0 Å². The van der Waals surface area contributed by atoms with Crippen LogP contribution >= 0.6 is 0 Å². The van der Waals surface area contributed by atoms with Crippen LogP contribution in [0.4, 0.5) is 11.4 Å². The molecular formula is C45H51N2O6S2+. The summed E-state index contributed by atoms with van der Waals surface area (Å²) in [7, 11) is -8.01. The summed E-state index contributed by atoms with van der Waals surface area (Å²) in [4.78, 5) is 2.28. The number of unbranched alkanes of at least 4 members (excludes halogenated alkanes) is 2. The van der Waals surface area contributed by atoms with E-state index >= 15 is 0 Å². The lowest BCUT2D eigenvalue weighted by Crippen LogP contribution is -2.28. The molecule has 0 aromatic heterocycles. The van der Waals surface area contributed by atoms with E-state index in [1.807, 2.05) is 54.7 Å². The van der Waals surface area contributed by atoms with Gasteiger partial charge in [-0.15, -0.1) is 0 Å². The fraction of sp³-hybridized carbons (Fsp3) is 0.311. The van der Waals surface area contributed by atoms with E-state index < -0.39 is 20.2 Å². The minimum absolute atomic E-state index is 0.249. The number of hydrogen-bond donors (Lipinski definition) is 2. The molecule has 288 valence electrons. The highest BCUT2D eigenvalue weighted by Gasteiger charge is 2.45. The van der Waals surface area contributed by atoms with Crippen molar-refractivity contribution in [2.24, 2.45) is 0 Å². The van der Waals surface area contributed by atoms with E-state index in [9.17, 15) is 25.9 Å². The molecule has 0 fully saturated rings. The molecule has 0 bridgehead atoms. The third kappa shape index (κ3) is 8.94. The van der Waals surface area contributed by atoms with Gasteiger partial charge in [0.1, 0.15) is 6.54 Å². The van der Waals surface area contributed by atoms with Gasteiger partial charge in [-0.25, -0.2) is 0 Å². The quantitative estimate of drug-likeness (QED) is 0.0535. The smallest absolute Gasteiger partial charge is 0.264 e. The average Bonchev–Trinajstić information content (AvgIpc) is 3.48. The third-order valence-corrected chi connectivity index (χ3v) is 12.4. The molecule has 8 nitrogen and oxygen atoms in total. The molecule has 2 N–H and O–H groups in total. The van der Waals surface area contributed by atoms with E-state index in [4.69, 9.17) is 0 Å². The van der Waals surface area contributed by atoms with Gasteiger partial charge in [-0.2, -0.15) is 21.4 Å². The van der Waals surface area contributed by atoms with Gasteiger partial charge in [0.25, 0.3) is 20.2 Å². The molecule has 0 atom stereocenters. The summed E-state index contributed by atoms with van der Waals surface area (Å²) < 4.78 is 66.2. The number of anilines is 1. The van der Waals surface area contributed by atoms with Crippen molar-refractivity contribution >= 4 is 58.9 Å². The molecule has 0 amide bonds. The SMILES string of the molecule is CC1(C)C(/C=C/C=C/C=C/C=C/C=C2/N(CCCCS(=O)(=O)O)c3ccc4ccccc4c3C2(C)C)=[N+](CCCCS(=O)(=O)O)c2ccc3ccccc3c21. The van der Waals surface area contributed by atoms with Gasteiger partial charge in [0.05, 0.1) is 16.9 Å². The summed E-state index contributed by atoms with van der Waals surface area (Å²) in [6.45, 7) is 10.2. The zero-order chi connectivity index (χ0) is 39.4. The monoisotopic (exact) mass is 779 g/mol. The second-order valence-corrected chi connectivity index (χ2v) is 18.5. The predicted molar refractivity (Wildman–Crippen MR) is 227 cm³/mol. The van der Waals surface area contributed by atoms with Crippen molar-refractivity contribution in [2.45, 2.75) is 64.2 Å². The van der Waals surface area contributed by atoms with Crippen LogP contribution in [0.15, 0.2) is 133 Å². The molecule has 0 spiro atoms. The Kier molecular flexibility index (Phi) is 11.8. The Bertz CT molecular complexity index is 2500. The number of allylic oxidation sites excluding steroid dienone is 10. The van der Waals surface area contributed by atoms with Crippen LogP contribution in [-0.4, -0.2) is 60.8 Å². The average molecular weight is 780 g/mol. The van der Waals surface area contributed by atoms with E-state index in [2.05, 4.69) is 110 Å². The van der Waals surface area contributed by atoms with Gasteiger partial charge < -0.3 is 4.90 Å². The Balaban J connectivity index is 1.19. The highest BCUT2D eigenvalue weighted by molar-refractivity contribution is 7.86. The Morgan fingerprint density at radius 3 is 1.80 bits per heavy atom. The zero-order valence-corrected chi connectivity index (χ0v) is 33.7. The van der Waals surface area contributed by atoms with Crippen LogP contribution in [0.2, 0.25) is 0 Å². The standard InChI is InChI=1S/C45H50N2O6S2/c1-44(2)40(46(30-16-18-32-54(48,49)50)38-28-26-34-20-12-14-22-36(34)42(38)44)24-10-8-6-5-7-9-11-25-41-45(3,4)43-37-23-15-13-21-35(37)27-29-39(43)47(41)31-17-19-33-55(51,52)53/h5-15,20-29H,16-19,30-33H2,1-4H3,(H-,48,49,50,51,52,53)/p+1. The maximum absolute atomic E-state index is 11.4. The summed E-state index contributed by atoms with van der Waals surface area (Å²) >= 11 is 0. The molecule has 4 aromatic carbocycles. The van der Waals surface area contributed by atoms with Gasteiger partial charge >= 0.3 is 0 Å². The Labute approximate surface area is 326 Å². The molecule has 6 rings (SSSR count). The van der Waals surface area contributed by atoms with Gasteiger partial charge in [0, 0.05) is 47.5 Å². The van der Waals surface area contributed by atoms with Crippen LogP contribution in [0.3, 0.4) is 0 Å². The van der Waals surface area contributed by atoms with Gasteiger partial charge in [-0.05, 0) is 78.4 Å². The lowest BCUT2D eigenvalue weighted by atomic mass is 9.79. The first-order valence-electron chi connectivity index (χ1n) is 18.9. The van der Waals surface area contributed by atoms with Crippen LogP contribution < -0.4 is 4.90 Å². The van der Waals surface area contributed by atoms with Crippen LogP contribution in [0.1, 0.15) is 64.5 Å². The number of fused-ring (bicyclic) bond motifs is 6. The van der Waals surface area contributed by atoms with Gasteiger partial charge in [0.2, 0.25) is 5.69 Å². The zero-order valence-electron chi connectivity index (χ0n) is 32.0. The Hall–Kier alpha value is -4.61. The first-order valence-corrected chi connectivity index (χ1v) is 22.1. The first-order chi connectivity index (χ1) is 26.1. The second-order valence-electron chi connectivity index (χ2n) is 15.4. The highest BCUT2D eigenvalue weighted by atomic mass is 32.2. The molecule has 10 heteroatoms. The van der Waals surface area contributed by atoms with Gasteiger partial charge in [0.15, 0.2) is 5.71 Å². The maximum Gasteiger partial charge on any atom is 0.264 e. The largest absolute Gasteiger partial charge is 0.344 e. The van der Waals surface area contributed by atoms with Gasteiger partial charge in [-0.3, -0.25) is 9.11 Å². The summed E-state index contributed by atoms with van der Waals surface area (Å²) in [6, 6.07) is 25.4. The summed E-state index contributed by atoms with van der Waals surface area (Å²) in [5.41, 5.74) is 6.42. The number of benzene rings is 4. The molecule has 2 aliphatic heterocycles. The van der Waals surface area contributed by atoms with Crippen LogP contribution in [-0.2, 0) is 31.1 Å². The van der Waals surface area contributed by atoms with Crippen molar-refractivity contribution in [1.29, 1.82) is 0 Å². The van der Waals surface area contributed by atoms with Crippen molar-refractivity contribution in [1.82, 2.24) is 0 Å². The highest BCUT2D eigenvalue weighted by Crippen LogP contribution is 2.51. The molecule has 0 aliphatic carbocycles. The lowest BCUT2D eigenvalue weighted by Gasteiger charge is -2.27. The Morgan fingerprint density at radius 2 is 1.16 bits per heavy atom. The van der Waals surface area contributed by atoms with E-state index in [1.54, 1.807) is 0 Å². The normalized spacial score (nSPS) is 17.7. The summed E-state index contributed by atoms with van der Waals surface area (Å²) in [5.74, 6) is -0.498. The van der Waals surface area contributed by atoms with Crippen LogP contribution in [0, 0.1) is 0 Å². The fourth-order valence-corrected chi connectivity index (χ4v) is 9.41. The lowest BCUT2D eigenvalue weighted by molar-refractivity contribution is -0.438. The molecule has 0 unspecified atom stereocenters. The minimum atomic E-state index is -4.00. The number of nitrogens with zero attached hydrogens (tertiary/aromatic N) is 2. The van der Waals surface area contributed by atoms with Crippen molar-refractivity contribution in [3.63, 3.8) is 0 Å². The van der Waals surface area contributed by atoms with Crippen LogP contribution in [0.25, 0.3) is 21.5 Å². The van der Waals surface area contributed by atoms with E-state index in [0.717, 1.165) is 22.8 Å². The molecule has 2 aliphatic rings. The molecule has 0 saturated carbocycles. The minimum Gasteiger partial charge on any atom is -0.344 e. The van der Waals surface area contributed by atoms with Crippen molar-refractivity contribution in [3.8, 4) is 0 Å². The number of hydrogen-bond acceptors (Lipinski definition) is 5. The van der Waals surface area contributed by atoms with Gasteiger partial charge in [-0.1, -0.05) is 111 Å². The number of rotatable bonds is 15. The maximum atomic E-state index is 11.4. The van der Waals surface area contributed by atoms with Crippen molar-refractivity contribution in [2.75, 3.05) is 29.5 Å². The van der Waals surface area contributed by atoms with Crippen molar-refractivity contribution in [3.05, 3.63) is 144 Å². The van der Waals surface area contributed by atoms with E-state index in [-0.39, 0.29) is 22.3 Å². The van der Waals surface area contributed by atoms with Crippen molar-refractivity contribution < 1.29 is 30.5 Å². The molecule has 55 heavy (non-hydrogen) atoms. The molecule has 4 aromatic rings. The van der Waals surface area contributed by atoms with E-state index in [1.165, 1.54) is 32.7 Å². The second kappa shape index (κ2) is 16.2. The molecular weight excluding hydrogens is 729 g/mol. The molecule has 2 heterocycles. The first kappa shape index (κ1) is 40.1. The third-order valence-electron chi connectivity index (χ3n) is 10.8. The predicted octanol–water partition coefficient (Wildman–Crippen LogP) is 9.61. The topological polar surface area (TPSA) is 115 Å². The fourth-order valence-electron chi connectivity index (χ4n) is 8.28. The summed E-state index contributed by atoms with van der Waals surface area (Å²) in [6.07, 6.45) is 20.3. The molecule has 0 radical (unpaired) electrons. The van der Waals surface area contributed by atoms with E-state index in [0.29, 0.717) is 38.8 Å².